The van der Waals surface area contributed by atoms with Crippen LogP contribution in [0.3, 0.4) is 0 Å². The van der Waals surface area contributed by atoms with Gasteiger partial charge in [0.1, 0.15) is 5.01 Å². The topological polar surface area (TPSA) is 51.7 Å². The minimum atomic E-state index is -0.105. The van der Waals surface area contributed by atoms with E-state index in [-0.39, 0.29) is 5.91 Å². The lowest BCUT2D eigenvalue weighted by Gasteiger charge is -2.18. The molecule has 0 aliphatic carbocycles. The number of methoxy groups -OCH3 is 1. The molecule has 2 aromatic carbocycles. The van der Waals surface area contributed by atoms with E-state index in [0.717, 1.165) is 15.2 Å². The van der Waals surface area contributed by atoms with Crippen molar-refractivity contribution < 1.29 is 14.3 Å². The van der Waals surface area contributed by atoms with E-state index in [0.29, 0.717) is 34.7 Å². The van der Waals surface area contributed by atoms with Gasteiger partial charge in [0.25, 0.3) is 5.91 Å². The number of hydrogen-bond donors (Lipinski definition) is 0. The summed E-state index contributed by atoms with van der Waals surface area (Å²) in [7, 11) is 3.33. The summed E-state index contributed by atoms with van der Waals surface area (Å²) in [5.41, 5.74) is 1.49. The molecule has 1 heterocycles. The monoisotopic (exact) mass is 434 g/mol. The Bertz CT molecular complexity index is 909. The van der Waals surface area contributed by atoms with Gasteiger partial charge in [0.15, 0.2) is 11.5 Å². The minimum absolute atomic E-state index is 0.105. The fourth-order valence-corrected chi connectivity index (χ4v) is 4.19. The van der Waals surface area contributed by atoms with Crippen molar-refractivity contribution in [2.24, 2.45) is 0 Å². The summed E-state index contributed by atoms with van der Waals surface area (Å²) >= 11 is 5.06. The van der Waals surface area contributed by atoms with Gasteiger partial charge in [0.2, 0.25) is 0 Å². The van der Waals surface area contributed by atoms with Crippen molar-refractivity contribution in [2.75, 3.05) is 20.8 Å². The molecule has 7 heteroatoms. The number of ether oxygens (including phenoxy) is 2. The van der Waals surface area contributed by atoms with Crippen LogP contribution >= 0.6 is 27.3 Å². The average Bonchev–Trinajstić information content (AvgIpc) is 3.04. The fraction of sp³-hybridized carbons (Fsp3) is 0.263. The Balaban J connectivity index is 1.82. The number of carbonyl (C=O) groups excluding carboxylic acids is 1. The van der Waals surface area contributed by atoms with E-state index in [1.807, 2.05) is 31.2 Å². The molecule has 5 nitrogen and oxygen atoms in total. The lowest BCUT2D eigenvalue weighted by atomic mass is 10.1. The number of benzene rings is 2. The van der Waals surface area contributed by atoms with Gasteiger partial charge in [-0.15, -0.1) is 11.3 Å². The molecule has 3 rings (SSSR count). The largest absolute Gasteiger partial charge is 0.493 e. The van der Waals surface area contributed by atoms with Gasteiger partial charge in [-0.3, -0.25) is 4.79 Å². The second-order valence-corrected chi connectivity index (χ2v) is 7.63. The number of aromatic nitrogens is 1. The first kappa shape index (κ1) is 18.7. The summed E-state index contributed by atoms with van der Waals surface area (Å²) in [5, 5.41) is 0.902. The Morgan fingerprint density at radius 3 is 2.77 bits per heavy atom. The highest BCUT2D eigenvalue weighted by atomic mass is 79.9. The average molecular weight is 435 g/mol. The summed E-state index contributed by atoms with van der Waals surface area (Å²) < 4.78 is 12.8. The van der Waals surface area contributed by atoms with Gasteiger partial charge in [0.05, 0.1) is 35.0 Å². The zero-order valence-electron chi connectivity index (χ0n) is 14.8. The van der Waals surface area contributed by atoms with Crippen molar-refractivity contribution in [3.8, 4) is 11.5 Å². The Hall–Kier alpha value is -2.12. The molecule has 0 spiro atoms. The molecule has 0 aliphatic heterocycles. The molecule has 1 aromatic heterocycles. The van der Waals surface area contributed by atoms with Crippen LogP contribution in [0, 0.1) is 0 Å². The van der Waals surface area contributed by atoms with Crippen molar-refractivity contribution in [1.29, 1.82) is 0 Å². The Labute approximate surface area is 164 Å². The van der Waals surface area contributed by atoms with Gasteiger partial charge in [-0.25, -0.2) is 4.98 Å². The van der Waals surface area contributed by atoms with Crippen LogP contribution in [0.2, 0.25) is 0 Å². The highest BCUT2D eigenvalue weighted by Gasteiger charge is 2.19. The molecule has 136 valence electrons. The predicted molar refractivity (Wildman–Crippen MR) is 107 cm³/mol. The zero-order chi connectivity index (χ0) is 18.7. The number of nitrogens with zero attached hydrogens (tertiary/aromatic N) is 2. The van der Waals surface area contributed by atoms with Crippen LogP contribution in [-0.2, 0) is 6.54 Å². The molecule has 0 fully saturated rings. The lowest BCUT2D eigenvalue weighted by Crippen LogP contribution is -2.26. The first-order chi connectivity index (χ1) is 12.5. The molecule has 0 atom stereocenters. The molecule has 0 saturated carbocycles. The van der Waals surface area contributed by atoms with Gasteiger partial charge >= 0.3 is 0 Å². The number of hydrogen-bond acceptors (Lipinski definition) is 5. The van der Waals surface area contributed by atoms with Crippen molar-refractivity contribution in [2.45, 2.75) is 13.5 Å². The number of thiazole rings is 1. The van der Waals surface area contributed by atoms with Crippen LogP contribution in [0.1, 0.15) is 22.3 Å². The lowest BCUT2D eigenvalue weighted by molar-refractivity contribution is 0.0784. The van der Waals surface area contributed by atoms with Crippen LogP contribution in [0.15, 0.2) is 40.9 Å². The molecule has 0 bridgehead atoms. The van der Waals surface area contributed by atoms with Gasteiger partial charge in [-0.1, -0.05) is 12.1 Å². The standard InChI is InChI=1S/C19H19BrN2O3S/c1-4-25-18-13(20)9-12(10-15(18)24-3)19(23)22(2)11-17-21-14-7-5-6-8-16(14)26-17/h5-10H,4,11H2,1-3H3. The minimum Gasteiger partial charge on any atom is -0.493 e. The van der Waals surface area contributed by atoms with E-state index in [4.69, 9.17) is 9.47 Å². The van der Waals surface area contributed by atoms with Gasteiger partial charge in [0, 0.05) is 12.6 Å². The molecular formula is C19H19BrN2O3S. The smallest absolute Gasteiger partial charge is 0.254 e. The number of rotatable bonds is 6. The fourth-order valence-electron chi connectivity index (χ4n) is 2.61. The van der Waals surface area contributed by atoms with Crippen LogP contribution in [0.4, 0.5) is 0 Å². The molecule has 26 heavy (non-hydrogen) atoms. The van der Waals surface area contributed by atoms with Crippen molar-refractivity contribution in [3.63, 3.8) is 0 Å². The van der Waals surface area contributed by atoms with Crippen LogP contribution in [0.25, 0.3) is 10.2 Å². The summed E-state index contributed by atoms with van der Waals surface area (Å²) in [6.45, 7) is 2.86. The maximum atomic E-state index is 12.8. The zero-order valence-corrected chi connectivity index (χ0v) is 17.2. The number of halogens is 1. The Morgan fingerprint density at radius 1 is 1.31 bits per heavy atom. The Morgan fingerprint density at radius 2 is 2.08 bits per heavy atom. The van der Waals surface area contributed by atoms with E-state index in [1.54, 1.807) is 42.5 Å². The number of carbonyl (C=O) groups is 1. The highest BCUT2D eigenvalue weighted by molar-refractivity contribution is 9.10. The van der Waals surface area contributed by atoms with Gasteiger partial charge < -0.3 is 14.4 Å². The van der Waals surface area contributed by atoms with Crippen molar-refractivity contribution in [3.05, 3.63) is 51.4 Å². The summed E-state index contributed by atoms with van der Waals surface area (Å²) in [5.74, 6) is 1.02. The maximum absolute atomic E-state index is 12.8. The highest BCUT2D eigenvalue weighted by Crippen LogP contribution is 2.37. The summed E-state index contributed by atoms with van der Waals surface area (Å²) in [6, 6.07) is 11.4. The summed E-state index contributed by atoms with van der Waals surface area (Å²) in [6.07, 6.45) is 0. The molecule has 0 saturated heterocycles. The SMILES string of the molecule is CCOc1c(Br)cc(C(=O)N(C)Cc2nc3ccccc3s2)cc1OC. The molecule has 0 radical (unpaired) electrons. The molecule has 0 aliphatic rings. The first-order valence-electron chi connectivity index (χ1n) is 8.13. The predicted octanol–water partition coefficient (Wildman–Crippen LogP) is 4.74. The molecule has 0 N–H and O–H groups in total. The number of para-hydroxylation sites is 1. The quantitative estimate of drug-likeness (QED) is 0.562. The third-order valence-electron chi connectivity index (χ3n) is 3.82. The van der Waals surface area contributed by atoms with E-state index < -0.39 is 0 Å². The molecule has 0 unspecified atom stereocenters. The molecule has 1 amide bonds. The third kappa shape index (κ3) is 3.83. The molecular weight excluding hydrogens is 416 g/mol. The maximum Gasteiger partial charge on any atom is 0.254 e. The van der Waals surface area contributed by atoms with E-state index in [2.05, 4.69) is 20.9 Å². The van der Waals surface area contributed by atoms with Crippen LogP contribution < -0.4 is 9.47 Å². The van der Waals surface area contributed by atoms with E-state index in [9.17, 15) is 4.79 Å². The number of fused-ring (bicyclic) bond motifs is 1. The van der Waals surface area contributed by atoms with E-state index >= 15 is 0 Å². The van der Waals surface area contributed by atoms with Crippen molar-refractivity contribution in [1.82, 2.24) is 9.88 Å². The summed E-state index contributed by atoms with van der Waals surface area (Å²) in [4.78, 5) is 19.1. The van der Waals surface area contributed by atoms with E-state index in [1.165, 1.54) is 0 Å². The van der Waals surface area contributed by atoms with Gasteiger partial charge in [-0.05, 0) is 47.1 Å². The van der Waals surface area contributed by atoms with Crippen LogP contribution in [0.5, 0.6) is 11.5 Å². The molecule has 3 aromatic rings. The number of amides is 1. The van der Waals surface area contributed by atoms with Gasteiger partial charge in [-0.2, -0.15) is 0 Å². The Kier molecular flexibility index (Phi) is 5.78. The second-order valence-electron chi connectivity index (χ2n) is 5.66. The van der Waals surface area contributed by atoms with Crippen molar-refractivity contribution >= 4 is 43.4 Å². The first-order valence-corrected chi connectivity index (χ1v) is 9.74. The van der Waals surface area contributed by atoms with Crippen LogP contribution in [-0.4, -0.2) is 36.6 Å². The third-order valence-corrected chi connectivity index (χ3v) is 5.43. The normalized spacial score (nSPS) is 10.8. The second kappa shape index (κ2) is 8.05.